The molecule has 0 bridgehead atoms. The van der Waals surface area contributed by atoms with E-state index in [2.05, 4.69) is 46.9 Å². The molecule has 0 saturated carbocycles. The van der Waals surface area contributed by atoms with E-state index in [1.165, 1.54) is 0 Å². The summed E-state index contributed by atoms with van der Waals surface area (Å²) in [5.41, 5.74) is 0.435. The average Bonchev–Trinajstić information content (AvgIpc) is 2.23. The minimum absolute atomic E-state index is 0.0810. The van der Waals surface area contributed by atoms with Crippen molar-refractivity contribution in [1.82, 2.24) is 5.32 Å². The molecule has 0 rings (SSSR count). The molecule has 2 heteroatoms. The van der Waals surface area contributed by atoms with E-state index in [1.807, 2.05) is 0 Å². The van der Waals surface area contributed by atoms with Gasteiger partial charge in [-0.05, 0) is 30.7 Å². The van der Waals surface area contributed by atoms with Crippen molar-refractivity contribution in [2.45, 2.75) is 54.4 Å². The molecule has 0 aliphatic rings. The molecule has 0 aromatic rings. The van der Waals surface area contributed by atoms with E-state index < -0.39 is 0 Å². The first-order valence-corrected chi connectivity index (χ1v) is 6.63. The van der Waals surface area contributed by atoms with Crippen LogP contribution in [0.3, 0.4) is 0 Å². The Labute approximate surface area is 102 Å². The van der Waals surface area contributed by atoms with Gasteiger partial charge < -0.3 is 10.4 Å². The van der Waals surface area contributed by atoms with E-state index in [-0.39, 0.29) is 12.0 Å². The Morgan fingerprint density at radius 3 is 1.94 bits per heavy atom. The largest absolute Gasteiger partial charge is 0.396 e. The Bertz CT molecular complexity index is 171. The van der Waals surface area contributed by atoms with Crippen molar-refractivity contribution >= 4 is 0 Å². The third kappa shape index (κ3) is 4.84. The van der Waals surface area contributed by atoms with Crippen molar-refractivity contribution in [3.63, 3.8) is 0 Å². The zero-order valence-electron chi connectivity index (χ0n) is 12.1. The number of rotatable bonds is 7. The standard InChI is InChI=1S/C14H31NO/c1-7-14(8-2,11-16)10-15-9-12(3)13(4,5)6/h12,15-16H,7-11H2,1-6H3. The molecule has 0 amide bonds. The first-order valence-electron chi connectivity index (χ1n) is 6.63. The lowest BCUT2D eigenvalue weighted by molar-refractivity contribution is 0.109. The smallest absolute Gasteiger partial charge is 0.0499 e. The third-order valence-electron chi connectivity index (χ3n) is 4.26. The van der Waals surface area contributed by atoms with Gasteiger partial charge in [-0.3, -0.25) is 0 Å². The van der Waals surface area contributed by atoms with Crippen molar-refractivity contribution in [3.8, 4) is 0 Å². The first kappa shape index (κ1) is 15.9. The van der Waals surface area contributed by atoms with Crippen molar-refractivity contribution < 1.29 is 5.11 Å². The monoisotopic (exact) mass is 229 g/mol. The van der Waals surface area contributed by atoms with E-state index in [9.17, 15) is 5.11 Å². The summed E-state index contributed by atoms with van der Waals surface area (Å²) in [6.07, 6.45) is 2.08. The maximum Gasteiger partial charge on any atom is 0.0499 e. The lowest BCUT2D eigenvalue weighted by atomic mass is 9.80. The molecule has 0 fully saturated rings. The number of nitrogens with one attached hydrogen (secondary N) is 1. The van der Waals surface area contributed by atoms with Gasteiger partial charge in [-0.2, -0.15) is 0 Å². The predicted molar refractivity (Wildman–Crippen MR) is 71.6 cm³/mol. The lowest BCUT2D eigenvalue weighted by Crippen LogP contribution is -2.40. The summed E-state index contributed by atoms with van der Waals surface area (Å²) in [5.74, 6) is 0.651. The Morgan fingerprint density at radius 1 is 1.12 bits per heavy atom. The average molecular weight is 229 g/mol. The number of hydrogen-bond donors (Lipinski definition) is 2. The second-order valence-electron chi connectivity index (χ2n) is 6.26. The van der Waals surface area contributed by atoms with E-state index in [1.54, 1.807) is 0 Å². The highest BCUT2D eigenvalue weighted by molar-refractivity contribution is 4.80. The van der Waals surface area contributed by atoms with Crippen molar-refractivity contribution in [1.29, 1.82) is 0 Å². The number of aliphatic hydroxyl groups excluding tert-OH is 1. The predicted octanol–water partition coefficient (Wildman–Crippen LogP) is 3.06. The van der Waals surface area contributed by atoms with Crippen LogP contribution in [0.2, 0.25) is 0 Å². The van der Waals surface area contributed by atoms with Gasteiger partial charge in [-0.1, -0.05) is 41.5 Å². The fourth-order valence-electron chi connectivity index (χ4n) is 1.64. The highest BCUT2D eigenvalue weighted by Gasteiger charge is 2.26. The molecule has 0 aliphatic heterocycles. The minimum atomic E-state index is 0.0810. The Kier molecular flexibility index (Phi) is 6.57. The molecule has 0 radical (unpaired) electrons. The van der Waals surface area contributed by atoms with Crippen LogP contribution in [0, 0.1) is 16.7 Å². The minimum Gasteiger partial charge on any atom is -0.396 e. The van der Waals surface area contributed by atoms with Crippen LogP contribution in [0.1, 0.15) is 54.4 Å². The summed E-state index contributed by atoms with van der Waals surface area (Å²) in [6, 6.07) is 0. The van der Waals surface area contributed by atoms with Gasteiger partial charge in [0.25, 0.3) is 0 Å². The van der Waals surface area contributed by atoms with Gasteiger partial charge in [0.1, 0.15) is 0 Å². The SMILES string of the molecule is CCC(CC)(CO)CNCC(C)C(C)(C)C. The zero-order chi connectivity index (χ0) is 12.8. The molecule has 2 nitrogen and oxygen atoms in total. The summed E-state index contributed by atoms with van der Waals surface area (Å²) in [5, 5.41) is 13.0. The molecule has 16 heavy (non-hydrogen) atoms. The summed E-state index contributed by atoms with van der Waals surface area (Å²) in [7, 11) is 0. The molecule has 1 atom stereocenters. The quantitative estimate of drug-likeness (QED) is 0.703. The molecule has 0 aliphatic carbocycles. The highest BCUT2D eigenvalue weighted by Crippen LogP contribution is 2.26. The van der Waals surface area contributed by atoms with Gasteiger partial charge in [-0.25, -0.2) is 0 Å². The van der Waals surface area contributed by atoms with Gasteiger partial charge in [0.2, 0.25) is 0 Å². The molecule has 0 saturated heterocycles. The Morgan fingerprint density at radius 2 is 1.62 bits per heavy atom. The fourth-order valence-corrected chi connectivity index (χ4v) is 1.64. The van der Waals surface area contributed by atoms with Crippen molar-refractivity contribution in [3.05, 3.63) is 0 Å². The maximum atomic E-state index is 9.46. The lowest BCUT2D eigenvalue weighted by Gasteiger charge is -2.32. The van der Waals surface area contributed by atoms with Crippen LogP contribution in [0.5, 0.6) is 0 Å². The summed E-state index contributed by atoms with van der Waals surface area (Å²) < 4.78 is 0. The number of aliphatic hydroxyl groups is 1. The van der Waals surface area contributed by atoms with Crippen LogP contribution in [0.25, 0.3) is 0 Å². The summed E-state index contributed by atoms with van der Waals surface area (Å²) in [6.45, 7) is 15.7. The van der Waals surface area contributed by atoms with Crippen LogP contribution >= 0.6 is 0 Å². The molecule has 0 heterocycles. The number of hydrogen-bond acceptors (Lipinski definition) is 2. The van der Waals surface area contributed by atoms with E-state index >= 15 is 0 Å². The fraction of sp³-hybridized carbons (Fsp3) is 1.00. The molecular weight excluding hydrogens is 198 g/mol. The van der Waals surface area contributed by atoms with E-state index in [0.717, 1.165) is 25.9 Å². The van der Waals surface area contributed by atoms with Gasteiger partial charge >= 0.3 is 0 Å². The summed E-state index contributed by atoms with van der Waals surface area (Å²) >= 11 is 0. The van der Waals surface area contributed by atoms with Gasteiger partial charge in [0, 0.05) is 18.6 Å². The molecule has 0 spiro atoms. The second kappa shape index (κ2) is 6.61. The Balaban J connectivity index is 4.05. The zero-order valence-corrected chi connectivity index (χ0v) is 12.1. The van der Waals surface area contributed by atoms with E-state index in [4.69, 9.17) is 0 Å². The van der Waals surface area contributed by atoms with Crippen LogP contribution < -0.4 is 5.32 Å². The highest BCUT2D eigenvalue weighted by atomic mass is 16.3. The Hall–Kier alpha value is -0.0800. The topological polar surface area (TPSA) is 32.3 Å². The molecule has 98 valence electrons. The first-order chi connectivity index (χ1) is 7.31. The molecule has 0 aromatic heterocycles. The molecule has 1 unspecified atom stereocenters. The normalized spacial score (nSPS) is 15.2. The van der Waals surface area contributed by atoms with Crippen molar-refractivity contribution in [2.24, 2.45) is 16.7 Å². The van der Waals surface area contributed by atoms with Crippen LogP contribution in [0.15, 0.2) is 0 Å². The maximum absolute atomic E-state index is 9.46. The third-order valence-corrected chi connectivity index (χ3v) is 4.26. The van der Waals surface area contributed by atoms with Crippen LogP contribution in [0.4, 0.5) is 0 Å². The van der Waals surface area contributed by atoms with Crippen LogP contribution in [-0.4, -0.2) is 24.8 Å². The molecule has 0 aromatic carbocycles. The van der Waals surface area contributed by atoms with Crippen LogP contribution in [-0.2, 0) is 0 Å². The van der Waals surface area contributed by atoms with Gasteiger partial charge in [0.15, 0.2) is 0 Å². The molecular formula is C14H31NO. The molecule has 2 N–H and O–H groups in total. The summed E-state index contributed by atoms with van der Waals surface area (Å²) in [4.78, 5) is 0. The van der Waals surface area contributed by atoms with Gasteiger partial charge in [-0.15, -0.1) is 0 Å². The van der Waals surface area contributed by atoms with Crippen molar-refractivity contribution in [2.75, 3.05) is 19.7 Å². The van der Waals surface area contributed by atoms with E-state index in [0.29, 0.717) is 11.3 Å². The van der Waals surface area contributed by atoms with Gasteiger partial charge in [0.05, 0.1) is 0 Å². The second-order valence-corrected chi connectivity index (χ2v) is 6.26.